The summed E-state index contributed by atoms with van der Waals surface area (Å²) in [5.41, 5.74) is 0. The lowest BCUT2D eigenvalue weighted by Gasteiger charge is -2.22. The summed E-state index contributed by atoms with van der Waals surface area (Å²) in [4.78, 5) is 29.6. The minimum atomic E-state index is -0.238. The molecule has 0 N–H and O–H groups in total. The first-order valence-corrected chi connectivity index (χ1v) is 10.6. The summed E-state index contributed by atoms with van der Waals surface area (Å²) in [7, 11) is 1.69. The Morgan fingerprint density at radius 3 is 2.61 bits per heavy atom. The van der Waals surface area contributed by atoms with Crippen LogP contribution in [0, 0.1) is 5.92 Å². The molecule has 28 heavy (non-hydrogen) atoms. The number of aromatic nitrogens is 2. The van der Waals surface area contributed by atoms with Gasteiger partial charge in [-0.3, -0.25) is 9.59 Å². The van der Waals surface area contributed by atoms with Crippen LogP contribution in [0.3, 0.4) is 0 Å². The van der Waals surface area contributed by atoms with Gasteiger partial charge in [-0.15, -0.1) is 0 Å². The van der Waals surface area contributed by atoms with Crippen LogP contribution in [-0.4, -0.2) is 40.1 Å². The zero-order valence-corrected chi connectivity index (χ0v) is 17.8. The van der Waals surface area contributed by atoms with Gasteiger partial charge in [-0.2, -0.15) is 4.98 Å². The number of hydrogen-bond acceptors (Lipinski definition) is 6. The van der Waals surface area contributed by atoms with Crippen LogP contribution in [0.15, 0.2) is 4.52 Å². The van der Waals surface area contributed by atoms with Gasteiger partial charge in [0, 0.05) is 19.9 Å². The summed E-state index contributed by atoms with van der Waals surface area (Å²) in [6.45, 7) is 5.48. The minimum absolute atomic E-state index is 0.0594. The van der Waals surface area contributed by atoms with Crippen LogP contribution in [-0.2, 0) is 20.9 Å². The van der Waals surface area contributed by atoms with E-state index in [2.05, 4.69) is 10.1 Å². The Hall–Kier alpha value is -1.92. The molecule has 1 aliphatic rings. The van der Waals surface area contributed by atoms with Crippen molar-refractivity contribution >= 4 is 11.9 Å². The molecular weight excluding hydrogens is 358 g/mol. The van der Waals surface area contributed by atoms with E-state index in [1.54, 1.807) is 7.05 Å². The van der Waals surface area contributed by atoms with Crippen LogP contribution in [0.5, 0.6) is 0 Å². The second kappa shape index (κ2) is 11.2. The van der Waals surface area contributed by atoms with Crippen LogP contribution < -0.4 is 0 Å². The molecule has 2 rings (SSSR count). The number of amides is 1. The Balaban J connectivity index is 1.97. The lowest BCUT2D eigenvalue weighted by molar-refractivity contribution is -0.148. The highest BCUT2D eigenvalue weighted by Crippen LogP contribution is 2.31. The predicted molar refractivity (Wildman–Crippen MR) is 105 cm³/mol. The number of carbonyl (C=O) groups is 2. The number of rotatable bonds is 10. The van der Waals surface area contributed by atoms with Crippen molar-refractivity contribution in [2.75, 3.05) is 7.05 Å². The standard InChI is InChI=1S/C21H35N3O4/c1-15(2)27-20(26)13-18(12-8-11-17-9-6-5-7-10-17)21-22-19(23-28-21)14-24(4)16(3)25/h15,17-18H,5-14H2,1-4H3/t18-/m1/s1. The second-order valence-electron chi connectivity index (χ2n) is 8.30. The quantitative estimate of drug-likeness (QED) is 0.553. The lowest BCUT2D eigenvalue weighted by Crippen LogP contribution is -2.23. The van der Waals surface area contributed by atoms with Gasteiger partial charge in [0.2, 0.25) is 11.8 Å². The molecule has 0 bridgehead atoms. The van der Waals surface area contributed by atoms with Gasteiger partial charge in [0.25, 0.3) is 0 Å². The zero-order chi connectivity index (χ0) is 20.5. The Morgan fingerprint density at radius 2 is 1.96 bits per heavy atom. The molecule has 1 aliphatic carbocycles. The maximum Gasteiger partial charge on any atom is 0.306 e. The summed E-state index contributed by atoms with van der Waals surface area (Å²) in [5, 5.41) is 3.99. The molecule has 0 spiro atoms. The molecule has 0 unspecified atom stereocenters. The van der Waals surface area contributed by atoms with E-state index < -0.39 is 0 Å². The van der Waals surface area contributed by atoms with Gasteiger partial charge in [-0.05, 0) is 26.2 Å². The van der Waals surface area contributed by atoms with Crippen molar-refractivity contribution in [1.82, 2.24) is 15.0 Å². The van der Waals surface area contributed by atoms with E-state index in [0.717, 1.165) is 18.8 Å². The summed E-state index contributed by atoms with van der Waals surface area (Å²) >= 11 is 0. The van der Waals surface area contributed by atoms with Crippen LogP contribution >= 0.6 is 0 Å². The van der Waals surface area contributed by atoms with E-state index >= 15 is 0 Å². The molecule has 1 amide bonds. The van der Waals surface area contributed by atoms with E-state index in [-0.39, 0.29) is 30.3 Å². The molecule has 1 aromatic heterocycles. The molecule has 7 nitrogen and oxygen atoms in total. The van der Waals surface area contributed by atoms with Gasteiger partial charge in [0.05, 0.1) is 19.1 Å². The molecule has 1 atom stereocenters. The largest absolute Gasteiger partial charge is 0.463 e. The molecule has 0 aromatic carbocycles. The van der Waals surface area contributed by atoms with Crippen molar-refractivity contribution in [3.05, 3.63) is 11.7 Å². The molecule has 1 aromatic rings. The topological polar surface area (TPSA) is 85.5 Å². The second-order valence-corrected chi connectivity index (χ2v) is 8.30. The van der Waals surface area contributed by atoms with Crippen LogP contribution in [0.1, 0.15) is 96.2 Å². The maximum atomic E-state index is 12.2. The average Bonchev–Trinajstić information content (AvgIpc) is 3.09. The first-order valence-electron chi connectivity index (χ1n) is 10.6. The van der Waals surface area contributed by atoms with Crippen molar-refractivity contribution in [3.8, 4) is 0 Å². The first-order chi connectivity index (χ1) is 13.3. The zero-order valence-electron chi connectivity index (χ0n) is 17.8. The van der Waals surface area contributed by atoms with Gasteiger partial charge in [0.1, 0.15) is 0 Å². The van der Waals surface area contributed by atoms with E-state index in [9.17, 15) is 9.59 Å². The molecule has 0 saturated heterocycles. The van der Waals surface area contributed by atoms with Gasteiger partial charge < -0.3 is 14.2 Å². The summed E-state index contributed by atoms with van der Waals surface area (Å²) in [6, 6.07) is 0. The number of carbonyl (C=O) groups excluding carboxylic acids is 2. The monoisotopic (exact) mass is 393 g/mol. The predicted octanol–water partition coefficient (Wildman–Crippen LogP) is 4.22. The van der Waals surface area contributed by atoms with Crippen LogP contribution in [0.2, 0.25) is 0 Å². The molecule has 0 aliphatic heterocycles. The minimum Gasteiger partial charge on any atom is -0.463 e. The molecular formula is C21H35N3O4. The average molecular weight is 394 g/mol. The summed E-state index contributed by atoms with van der Waals surface area (Å²) in [5.74, 6) is 1.30. The van der Waals surface area contributed by atoms with Crippen molar-refractivity contribution in [3.63, 3.8) is 0 Å². The Bertz CT molecular complexity index is 623. The van der Waals surface area contributed by atoms with Crippen molar-refractivity contribution in [2.24, 2.45) is 5.92 Å². The molecule has 1 heterocycles. The van der Waals surface area contributed by atoms with Crippen molar-refractivity contribution in [1.29, 1.82) is 0 Å². The highest BCUT2D eigenvalue weighted by Gasteiger charge is 2.25. The van der Waals surface area contributed by atoms with Crippen LogP contribution in [0.25, 0.3) is 0 Å². The third kappa shape index (κ3) is 7.60. The normalized spacial score (nSPS) is 16.2. The third-order valence-corrected chi connectivity index (χ3v) is 5.42. The van der Waals surface area contributed by atoms with E-state index in [1.807, 2.05) is 13.8 Å². The van der Waals surface area contributed by atoms with E-state index in [1.165, 1.54) is 50.3 Å². The molecule has 1 saturated carbocycles. The number of ether oxygens (including phenoxy) is 1. The van der Waals surface area contributed by atoms with Crippen LogP contribution in [0.4, 0.5) is 0 Å². The molecule has 0 radical (unpaired) electrons. The van der Waals surface area contributed by atoms with Crippen molar-refractivity contribution in [2.45, 2.75) is 97.1 Å². The van der Waals surface area contributed by atoms with Gasteiger partial charge >= 0.3 is 5.97 Å². The highest BCUT2D eigenvalue weighted by atomic mass is 16.5. The third-order valence-electron chi connectivity index (χ3n) is 5.42. The fourth-order valence-electron chi connectivity index (χ4n) is 3.77. The Labute approximate surface area is 168 Å². The lowest BCUT2D eigenvalue weighted by atomic mass is 9.84. The van der Waals surface area contributed by atoms with E-state index in [4.69, 9.17) is 9.26 Å². The number of hydrogen-bond donors (Lipinski definition) is 0. The number of esters is 1. The molecule has 158 valence electrons. The SMILES string of the molecule is CC(=O)N(C)Cc1noc([C@H](CCCC2CCCCC2)CC(=O)OC(C)C)n1. The fourth-order valence-corrected chi connectivity index (χ4v) is 3.77. The number of nitrogens with zero attached hydrogens (tertiary/aromatic N) is 3. The van der Waals surface area contributed by atoms with Crippen molar-refractivity contribution < 1.29 is 18.8 Å². The molecule has 1 fully saturated rings. The van der Waals surface area contributed by atoms with Gasteiger partial charge in [0.15, 0.2) is 5.82 Å². The molecule has 7 heteroatoms. The Morgan fingerprint density at radius 1 is 1.25 bits per heavy atom. The summed E-state index contributed by atoms with van der Waals surface area (Å²) < 4.78 is 10.8. The maximum absolute atomic E-state index is 12.2. The smallest absolute Gasteiger partial charge is 0.306 e. The van der Waals surface area contributed by atoms with Gasteiger partial charge in [-0.1, -0.05) is 50.1 Å². The van der Waals surface area contributed by atoms with Gasteiger partial charge in [-0.25, -0.2) is 0 Å². The first kappa shape index (κ1) is 22.4. The van der Waals surface area contributed by atoms with E-state index in [0.29, 0.717) is 18.3 Å². The fraction of sp³-hybridized carbons (Fsp3) is 0.810. The highest BCUT2D eigenvalue weighted by molar-refractivity contribution is 5.72. The summed E-state index contributed by atoms with van der Waals surface area (Å²) in [6.07, 6.45) is 9.83. The Kier molecular flexibility index (Phi) is 8.93.